The number of allylic oxidation sites excluding steroid dienone is 1. The lowest BCUT2D eigenvalue weighted by molar-refractivity contribution is -0.179. The minimum absolute atomic E-state index is 0.0887. The highest BCUT2D eigenvalue weighted by atomic mass is 16.3. The molecular formula is C28H46O7. The summed E-state index contributed by atoms with van der Waals surface area (Å²) in [5, 5.41) is 66.1. The predicted molar refractivity (Wildman–Crippen MR) is 131 cm³/mol. The maximum absolute atomic E-state index is 13.3. The summed E-state index contributed by atoms with van der Waals surface area (Å²) in [5.41, 5.74) is -4.35. The molecule has 0 aromatic heterocycles. The molecule has 7 nitrogen and oxygen atoms in total. The van der Waals surface area contributed by atoms with Gasteiger partial charge < -0.3 is 30.6 Å². The lowest BCUT2D eigenvalue weighted by Gasteiger charge is -2.60. The van der Waals surface area contributed by atoms with Gasteiger partial charge in [-0.15, -0.1) is 0 Å². The maximum Gasteiger partial charge on any atom is 0.159 e. The van der Waals surface area contributed by atoms with Gasteiger partial charge in [0.25, 0.3) is 0 Å². The third-order valence-electron chi connectivity index (χ3n) is 11.3. The van der Waals surface area contributed by atoms with Crippen molar-refractivity contribution >= 4 is 5.78 Å². The van der Waals surface area contributed by atoms with Crippen molar-refractivity contribution < 1.29 is 35.4 Å². The monoisotopic (exact) mass is 494 g/mol. The summed E-state index contributed by atoms with van der Waals surface area (Å²) in [7, 11) is 0. The van der Waals surface area contributed by atoms with Crippen molar-refractivity contribution in [3.05, 3.63) is 11.6 Å². The Kier molecular flexibility index (Phi) is 6.48. The van der Waals surface area contributed by atoms with Crippen molar-refractivity contribution in [1.82, 2.24) is 0 Å². The zero-order valence-electron chi connectivity index (χ0n) is 22.2. The lowest BCUT2D eigenvalue weighted by Crippen LogP contribution is -2.63. The molecule has 0 spiro atoms. The minimum atomic E-state index is -1.48. The number of ketones is 1. The summed E-state index contributed by atoms with van der Waals surface area (Å²) in [6, 6.07) is 0. The van der Waals surface area contributed by atoms with Crippen molar-refractivity contribution in [2.45, 2.75) is 122 Å². The third-order valence-corrected chi connectivity index (χ3v) is 11.3. The van der Waals surface area contributed by atoms with E-state index in [9.17, 15) is 35.4 Å². The molecule has 11 atom stereocenters. The molecule has 200 valence electrons. The average Bonchev–Trinajstić information content (AvgIpc) is 3.01. The minimum Gasteiger partial charge on any atom is -0.390 e. The molecule has 4 rings (SSSR count). The van der Waals surface area contributed by atoms with Crippen LogP contribution in [0.2, 0.25) is 0 Å². The number of rotatable bonds is 5. The molecule has 4 aliphatic carbocycles. The second-order valence-corrected chi connectivity index (χ2v) is 13.6. The molecule has 0 aromatic rings. The van der Waals surface area contributed by atoms with E-state index in [0.717, 1.165) is 0 Å². The Morgan fingerprint density at radius 2 is 1.69 bits per heavy atom. The summed E-state index contributed by atoms with van der Waals surface area (Å²) in [6.45, 7) is 10.9. The molecule has 0 bridgehead atoms. The number of hydrogen-bond donors (Lipinski definition) is 6. The van der Waals surface area contributed by atoms with Gasteiger partial charge in [-0.3, -0.25) is 4.79 Å². The Morgan fingerprint density at radius 1 is 1.06 bits per heavy atom. The Balaban J connectivity index is 1.67. The first-order valence-corrected chi connectivity index (χ1v) is 13.4. The van der Waals surface area contributed by atoms with Crippen LogP contribution < -0.4 is 0 Å². The number of carbonyl (C=O) groups excluding carboxylic acids is 1. The topological polar surface area (TPSA) is 138 Å². The molecule has 0 aromatic carbocycles. The Hall–Kier alpha value is -0.830. The van der Waals surface area contributed by atoms with Gasteiger partial charge in [0.15, 0.2) is 5.78 Å². The molecule has 35 heavy (non-hydrogen) atoms. The summed E-state index contributed by atoms with van der Waals surface area (Å²) >= 11 is 0. The highest BCUT2D eigenvalue weighted by Gasteiger charge is 2.69. The number of carbonyl (C=O) groups is 1. The molecule has 7 heteroatoms. The number of aliphatic hydroxyl groups is 6. The Labute approximate surface area is 209 Å². The summed E-state index contributed by atoms with van der Waals surface area (Å²) in [4.78, 5) is 13.3. The zero-order valence-corrected chi connectivity index (χ0v) is 22.2. The van der Waals surface area contributed by atoms with Gasteiger partial charge >= 0.3 is 0 Å². The van der Waals surface area contributed by atoms with E-state index in [1.165, 1.54) is 0 Å². The smallest absolute Gasteiger partial charge is 0.159 e. The molecule has 0 amide bonds. The van der Waals surface area contributed by atoms with E-state index >= 15 is 0 Å². The van der Waals surface area contributed by atoms with Crippen molar-refractivity contribution in [2.24, 2.45) is 34.5 Å². The van der Waals surface area contributed by atoms with Gasteiger partial charge in [-0.05, 0) is 101 Å². The van der Waals surface area contributed by atoms with E-state index in [1.54, 1.807) is 26.8 Å². The van der Waals surface area contributed by atoms with Crippen LogP contribution in [-0.4, -0.2) is 71.5 Å². The van der Waals surface area contributed by atoms with Crippen molar-refractivity contribution in [1.29, 1.82) is 0 Å². The molecule has 1 unspecified atom stereocenters. The van der Waals surface area contributed by atoms with Gasteiger partial charge in [0.2, 0.25) is 0 Å². The fourth-order valence-corrected chi connectivity index (χ4v) is 8.40. The quantitative estimate of drug-likeness (QED) is 0.344. The van der Waals surface area contributed by atoms with Gasteiger partial charge in [0.05, 0.1) is 35.1 Å². The highest BCUT2D eigenvalue weighted by Crippen LogP contribution is 2.68. The summed E-state index contributed by atoms with van der Waals surface area (Å²) in [5.74, 6) is -1.21. The van der Waals surface area contributed by atoms with Crippen molar-refractivity contribution in [2.75, 3.05) is 0 Å². The van der Waals surface area contributed by atoms with E-state index in [1.807, 2.05) is 20.8 Å². The van der Waals surface area contributed by atoms with Gasteiger partial charge in [-0.1, -0.05) is 20.8 Å². The van der Waals surface area contributed by atoms with Crippen LogP contribution >= 0.6 is 0 Å². The van der Waals surface area contributed by atoms with Crippen LogP contribution in [0.4, 0.5) is 0 Å². The van der Waals surface area contributed by atoms with Crippen molar-refractivity contribution in [3.8, 4) is 0 Å². The first-order chi connectivity index (χ1) is 15.9. The van der Waals surface area contributed by atoms with Crippen LogP contribution in [0.15, 0.2) is 11.6 Å². The van der Waals surface area contributed by atoms with E-state index in [0.29, 0.717) is 37.7 Å². The second kappa shape index (κ2) is 8.34. The molecule has 0 aliphatic heterocycles. The average molecular weight is 495 g/mol. The third kappa shape index (κ3) is 3.88. The maximum atomic E-state index is 13.3. The van der Waals surface area contributed by atoms with Gasteiger partial charge in [0.1, 0.15) is 0 Å². The molecule has 0 heterocycles. The van der Waals surface area contributed by atoms with Crippen LogP contribution in [0.5, 0.6) is 0 Å². The molecule has 3 saturated carbocycles. The van der Waals surface area contributed by atoms with E-state index in [-0.39, 0.29) is 36.4 Å². The van der Waals surface area contributed by atoms with Crippen LogP contribution in [0.25, 0.3) is 0 Å². The lowest BCUT2D eigenvalue weighted by atomic mass is 9.45. The summed E-state index contributed by atoms with van der Waals surface area (Å²) < 4.78 is 0. The standard InChI is InChI=1S/C28H46O7/c1-15(24(2,3)33)11-23(32)27(6,34)22-8-10-28(35)17-12-19(29)18-13-20(30)21(31)14-25(18,4)16(17)7-9-26(22,28)5/h12,15-16,18,20-23,30-35H,7-11,13-14H2,1-6H3/t15-,16?,18+,20-,21+,22+,23-,25-,26-,27+,28-/m1/s1. The van der Waals surface area contributed by atoms with Crippen LogP contribution in [0.1, 0.15) is 86.5 Å². The van der Waals surface area contributed by atoms with Crippen LogP contribution in [-0.2, 0) is 4.79 Å². The number of fused-ring (bicyclic) bond motifs is 5. The van der Waals surface area contributed by atoms with Crippen LogP contribution in [0.3, 0.4) is 0 Å². The van der Waals surface area contributed by atoms with Gasteiger partial charge in [-0.25, -0.2) is 0 Å². The molecule has 0 radical (unpaired) electrons. The van der Waals surface area contributed by atoms with Crippen LogP contribution in [0, 0.1) is 34.5 Å². The molecule has 4 aliphatic rings. The molecular weight excluding hydrogens is 448 g/mol. The Morgan fingerprint density at radius 3 is 2.29 bits per heavy atom. The SMILES string of the molecule is C[C@H](C[C@@H](O)[C@@](C)(O)[C@H]1CC[C@@]2(O)C3=CC(=O)[C@@H]4C[C@@H](O)[C@@H](O)C[C@]4(C)C3CC[C@]12C)C(C)(C)O. The van der Waals surface area contributed by atoms with E-state index in [4.69, 9.17) is 0 Å². The second-order valence-electron chi connectivity index (χ2n) is 13.6. The highest BCUT2D eigenvalue weighted by molar-refractivity contribution is 5.95. The normalized spacial score (nSPS) is 47.1. The van der Waals surface area contributed by atoms with Crippen molar-refractivity contribution in [3.63, 3.8) is 0 Å². The fraction of sp³-hybridized carbons (Fsp3) is 0.893. The molecule has 6 N–H and O–H groups in total. The van der Waals surface area contributed by atoms with E-state index in [2.05, 4.69) is 0 Å². The number of hydrogen-bond acceptors (Lipinski definition) is 7. The number of aliphatic hydroxyl groups excluding tert-OH is 3. The predicted octanol–water partition coefficient (Wildman–Crippen LogP) is 2.10. The largest absolute Gasteiger partial charge is 0.390 e. The van der Waals surface area contributed by atoms with Gasteiger partial charge in [0, 0.05) is 11.3 Å². The van der Waals surface area contributed by atoms with Gasteiger partial charge in [-0.2, -0.15) is 0 Å². The Bertz CT molecular complexity index is 890. The first kappa shape index (κ1) is 27.2. The van der Waals surface area contributed by atoms with E-state index < -0.39 is 51.9 Å². The summed E-state index contributed by atoms with van der Waals surface area (Å²) in [6.07, 6.45) is 1.71. The fourth-order valence-electron chi connectivity index (χ4n) is 8.40. The first-order valence-electron chi connectivity index (χ1n) is 13.4. The molecule has 3 fully saturated rings. The zero-order chi connectivity index (χ0) is 26.4. The molecule has 0 saturated heterocycles.